The van der Waals surface area contributed by atoms with Crippen LogP contribution in [-0.2, 0) is 0 Å². The third kappa shape index (κ3) is 2.69. The summed E-state index contributed by atoms with van der Waals surface area (Å²) >= 11 is 0. The molecule has 0 saturated heterocycles. The van der Waals surface area contributed by atoms with Crippen molar-refractivity contribution in [2.24, 2.45) is 5.10 Å². The maximum Gasteiger partial charge on any atom is 0.257 e. The number of hydrogen-bond donors (Lipinski definition) is 1. The summed E-state index contributed by atoms with van der Waals surface area (Å²) < 4.78 is 0. The largest absolute Gasteiger partial charge is 0.378 e. The van der Waals surface area contributed by atoms with Crippen LogP contribution in [0.25, 0.3) is 10.8 Å². The summed E-state index contributed by atoms with van der Waals surface area (Å²) in [5.74, 6) is 0. The Labute approximate surface area is 137 Å². The fraction of sp³-hybridized carbons (Fsp3) is 0.111. The molecule has 0 unspecified atom stereocenters. The molecule has 6 heteroatoms. The number of nitrogens with one attached hydrogen (secondary N) is 1. The van der Waals surface area contributed by atoms with E-state index in [2.05, 4.69) is 10.5 Å². The molecule has 0 bridgehead atoms. The molecule has 6 nitrogen and oxygen atoms in total. The Balaban J connectivity index is 2.09. The molecule has 0 spiro atoms. The average molecular weight is 321 g/mol. The van der Waals surface area contributed by atoms with E-state index in [9.17, 15) is 14.4 Å². The molecule has 0 radical (unpaired) electrons. The normalized spacial score (nSPS) is 11.7. The Morgan fingerprint density at radius 2 is 1.38 bits per heavy atom. The van der Waals surface area contributed by atoms with Crippen LogP contribution in [0, 0.1) is 0 Å². The first-order valence-electron chi connectivity index (χ1n) is 7.33. The van der Waals surface area contributed by atoms with Crippen LogP contribution in [0.15, 0.2) is 68.0 Å². The predicted molar refractivity (Wildman–Crippen MR) is 95.1 cm³/mol. The summed E-state index contributed by atoms with van der Waals surface area (Å²) in [5.41, 5.74) is 2.13. The average Bonchev–Trinajstić information content (AvgIpc) is 2.60. The van der Waals surface area contributed by atoms with E-state index < -0.39 is 21.6 Å². The highest BCUT2D eigenvalue weighted by Crippen LogP contribution is 2.15. The molecule has 0 saturated carbocycles. The third-order valence-corrected chi connectivity index (χ3v) is 3.73. The van der Waals surface area contributed by atoms with Crippen LogP contribution in [0.2, 0.25) is 0 Å². The van der Waals surface area contributed by atoms with Gasteiger partial charge in [0.25, 0.3) is 5.43 Å². The number of fused-ring (bicyclic) bond motifs is 1. The van der Waals surface area contributed by atoms with Gasteiger partial charge in [-0.2, -0.15) is 5.10 Å². The predicted octanol–water partition coefficient (Wildman–Crippen LogP) is 0.790. The van der Waals surface area contributed by atoms with E-state index in [0.717, 1.165) is 5.69 Å². The maximum absolute atomic E-state index is 12.4. The van der Waals surface area contributed by atoms with Gasteiger partial charge < -0.3 is 4.90 Å². The highest BCUT2D eigenvalue weighted by Gasteiger charge is 2.10. The molecule has 0 aromatic heterocycles. The smallest absolute Gasteiger partial charge is 0.257 e. The summed E-state index contributed by atoms with van der Waals surface area (Å²) in [6.45, 7) is 0. The van der Waals surface area contributed by atoms with Crippen molar-refractivity contribution in [3.05, 3.63) is 84.6 Å². The van der Waals surface area contributed by atoms with Gasteiger partial charge in [0.2, 0.25) is 10.9 Å². The topological polar surface area (TPSA) is 78.8 Å². The van der Waals surface area contributed by atoms with Crippen molar-refractivity contribution < 1.29 is 0 Å². The zero-order valence-electron chi connectivity index (χ0n) is 13.2. The highest BCUT2D eigenvalue weighted by molar-refractivity contribution is 5.81. The third-order valence-electron chi connectivity index (χ3n) is 3.73. The van der Waals surface area contributed by atoms with Crippen molar-refractivity contribution in [2.45, 2.75) is 0 Å². The molecule has 24 heavy (non-hydrogen) atoms. The molecule has 0 heterocycles. The van der Waals surface area contributed by atoms with Gasteiger partial charge >= 0.3 is 0 Å². The van der Waals surface area contributed by atoms with E-state index >= 15 is 0 Å². The van der Waals surface area contributed by atoms with Crippen LogP contribution in [0.5, 0.6) is 0 Å². The lowest BCUT2D eigenvalue weighted by atomic mass is 10.1. The summed E-state index contributed by atoms with van der Waals surface area (Å²) in [5, 5.41) is 3.81. The van der Waals surface area contributed by atoms with Gasteiger partial charge in [0, 0.05) is 30.6 Å². The minimum absolute atomic E-state index is 0.127. The van der Waals surface area contributed by atoms with Gasteiger partial charge in [0.1, 0.15) is 0 Å². The molecule has 3 rings (SSSR count). The van der Waals surface area contributed by atoms with Gasteiger partial charge in [-0.05, 0) is 24.3 Å². The summed E-state index contributed by atoms with van der Waals surface area (Å²) in [6, 6.07) is 13.5. The Hall–Kier alpha value is -3.28. The second-order valence-electron chi connectivity index (χ2n) is 5.55. The van der Waals surface area contributed by atoms with Gasteiger partial charge in [0.15, 0.2) is 5.36 Å². The lowest BCUT2D eigenvalue weighted by Crippen LogP contribution is -2.48. The lowest BCUT2D eigenvalue weighted by Gasteiger charge is -2.12. The zero-order chi connectivity index (χ0) is 17.3. The molecule has 0 aliphatic heterocycles. The second-order valence-corrected chi connectivity index (χ2v) is 5.55. The SMILES string of the molecule is CN(C)c1ccc(N/N=c2\c(=O)c(=O)c3ccccc3c2=O)cc1. The lowest BCUT2D eigenvalue weighted by molar-refractivity contribution is 1.13. The van der Waals surface area contributed by atoms with E-state index in [1.54, 1.807) is 24.3 Å². The highest BCUT2D eigenvalue weighted by atomic mass is 16.2. The maximum atomic E-state index is 12.4. The number of nitrogens with zero attached hydrogens (tertiary/aromatic N) is 2. The molecule has 0 aliphatic rings. The van der Waals surface area contributed by atoms with E-state index in [1.165, 1.54) is 12.1 Å². The standard InChI is InChI=1S/C18H15N3O3/c1-21(2)12-9-7-11(8-10-12)19-20-15-16(22)13-5-3-4-6-14(13)17(23)18(15)24/h3-10,19H,1-2H3/b20-15-. The molecule has 120 valence electrons. The Morgan fingerprint density at radius 1 is 0.792 bits per heavy atom. The summed E-state index contributed by atoms with van der Waals surface area (Å²) in [7, 11) is 3.84. The summed E-state index contributed by atoms with van der Waals surface area (Å²) in [6.07, 6.45) is 0. The molecule has 3 aromatic carbocycles. The number of rotatable bonds is 3. The van der Waals surface area contributed by atoms with Gasteiger partial charge in [-0.1, -0.05) is 24.3 Å². The second kappa shape index (κ2) is 6.08. The Kier molecular flexibility index (Phi) is 3.95. The number of hydrogen-bond acceptors (Lipinski definition) is 6. The van der Waals surface area contributed by atoms with Crippen molar-refractivity contribution >= 4 is 22.1 Å². The fourth-order valence-corrected chi connectivity index (χ4v) is 2.40. The Morgan fingerprint density at radius 3 is 1.96 bits per heavy atom. The van der Waals surface area contributed by atoms with E-state index in [-0.39, 0.29) is 10.8 Å². The number of anilines is 2. The molecule has 0 aliphatic carbocycles. The molecule has 3 aromatic rings. The van der Waals surface area contributed by atoms with Crippen molar-refractivity contribution in [2.75, 3.05) is 24.4 Å². The molecule has 0 fully saturated rings. The minimum Gasteiger partial charge on any atom is -0.378 e. The molecule has 1 N–H and O–H groups in total. The first-order valence-corrected chi connectivity index (χ1v) is 7.33. The van der Waals surface area contributed by atoms with E-state index in [0.29, 0.717) is 5.69 Å². The van der Waals surface area contributed by atoms with Crippen molar-refractivity contribution in [1.29, 1.82) is 0 Å². The molecule has 0 atom stereocenters. The van der Waals surface area contributed by atoms with Crippen LogP contribution in [0.1, 0.15) is 0 Å². The quantitative estimate of drug-likeness (QED) is 0.570. The van der Waals surface area contributed by atoms with Gasteiger partial charge in [-0.3, -0.25) is 19.8 Å². The van der Waals surface area contributed by atoms with Crippen LogP contribution in [-0.4, -0.2) is 14.1 Å². The molecular formula is C18H15N3O3. The minimum atomic E-state index is -0.892. The van der Waals surface area contributed by atoms with Gasteiger partial charge in [-0.15, -0.1) is 0 Å². The Bertz CT molecular complexity index is 1110. The van der Waals surface area contributed by atoms with Gasteiger partial charge in [-0.25, -0.2) is 0 Å². The fourth-order valence-electron chi connectivity index (χ4n) is 2.40. The first kappa shape index (κ1) is 15.6. The van der Waals surface area contributed by atoms with Gasteiger partial charge in [0.05, 0.1) is 5.69 Å². The summed E-state index contributed by atoms with van der Waals surface area (Å²) in [4.78, 5) is 38.5. The van der Waals surface area contributed by atoms with Crippen molar-refractivity contribution in [3.63, 3.8) is 0 Å². The number of benzene rings is 3. The molecular weight excluding hydrogens is 306 g/mol. The van der Waals surface area contributed by atoms with Crippen molar-refractivity contribution in [1.82, 2.24) is 0 Å². The first-order chi connectivity index (χ1) is 11.5. The van der Waals surface area contributed by atoms with Crippen LogP contribution >= 0.6 is 0 Å². The van der Waals surface area contributed by atoms with Crippen molar-refractivity contribution in [3.8, 4) is 0 Å². The zero-order valence-corrected chi connectivity index (χ0v) is 13.2. The van der Waals surface area contributed by atoms with Crippen LogP contribution in [0.4, 0.5) is 11.4 Å². The monoisotopic (exact) mass is 321 g/mol. The van der Waals surface area contributed by atoms with E-state index in [4.69, 9.17) is 0 Å². The molecule has 0 amide bonds. The van der Waals surface area contributed by atoms with Crippen LogP contribution < -0.4 is 32.0 Å². The van der Waals surface area contributed by atoms with E-state index in [1.807, 2.05) is 31.1 Å². The van der Waals surface area contributed by atoms with Crippen LogP contribution in [0.3, 0.4) is 0 Å².